The van der Waals surface area contributed by atoms with Gasteiger partial charge in [0.05, 0.1) is 19.2 Å². The minimum Gasteiger partial charge on any atom is -0.493 e. The Labute approximate surface area is 125 Å². The molecule has 5 heteroatoms. The molecule has 1 aliphatic carbocycles. The number of aliphatic hydroxyl groups excluding tert-OH is 1. The summed E-state index contributed by atoms with van der Waals surface area (Å²) in [6.45, 7) is 1.86. The summed E-state index contributed by atoms with van der Waals surface area (Å²) in [5.74, 6) is 1.21. The van der Waals surface area contributed by atoms with E-state index in [-0.39, 0.29) is 6.61 Å². The number of nitrogens with one attached hydrogen (secondary N) is 1. The summed E-state index contributed by atoms with van der Waals surface area (Å²) in [5.41, 5.74) is 1.29. The quantitative estimate of drug-likeness (QED) is 0.775. The number of hydrogen-bond acceptors (Lipinski definition) is 4. The topological polar surface area (TPSA) is 50.7 Å². The standard InChI is InChI=1S/C15H22ClNO3/c1-19-12-4-3-11(13(16)14(12)20-2)9-17-10-15(5-6-15)7-8-18/h3-4,17-18H,5-10H2,1-2H3. The number of methoxy groups -OCH3 is 2. The van der Waals surface area contributed by atoms with Crippen molar-refractivity contribution in [1.29, 1.82) is 0 Å². The van der Waals surface area contributed by atoms with Crippen molar-refractivity contribution in [2.24, 2.45) is 5.41 Å². The Morgan fingerprint density at radius 2 is 2.05 bits per heavy atom. The molecule has 0 aromatic heterocycles. The minimum absolute atomic E-state index is 0.263. The van der Waals surface area contributed by atoms with E-state index in [1.54, 1.807) is 14.2 Å². The third-order valence-electron chi connectivity index (χ3n) is 3.98. The van der Waals surface area contributed by atoms with Crippen LogP contribution in [0.2, 0.25) is 5.02 Å². The number of halogens is 1. The highest BCUT2D eigenvalue weighted by atomic mass is 35.5. The fourth-order valence-corrected chi connectivity index (χ4v) is 2.76. The third-order valence-corrected chi connectivity index (χ3v) is 4.39. The van der Waals surface area contributed by atoms with Crippen LogP contribution >= 0.6 is 11.6 Å². The lowest BCUT2D eigenvalue weighted by molar-refractivity contribution is 0.245. The van der Waals surface area contributed by atoms with E-state index >= 15 is 0 Å². The number of hydrogen-bond donors (Lipinski definition) is 2. The lowest BCUT2D eigenvalue weighted by Gasteiger charge is -2.16. The number of benzene rings is 1. The van der Waals surface area contributed by atoms with E-state index in [1.807, 2.05) is 12.1 Å². The highest BCUT2D eigenvalue weighted by Crippen LogP contribution is 2.48. The van der Waals surface area contributed by atoms with Gasteiger partial charge in [-0.25, -0.2) is 0 Å². The first-order chi connectivity index (χ1) is 9.65. The Bertz CT molecular complexity index is 461. The molecule has 0 amide bonds. The fourth-order valence-electron chi connectivity index (χ4n) is 2.46. The van der Waals surface area contributed by atoms with Gasteiger partial charge in [-0.3, -0.25) is 0 Å². The normalized spacial score (nSPS) is 16.0. The van der Waals surface area contributed by atoms with Crippen LogP contribution in [-0.2, 0) is 6.54 Å². The second kappa shape index (κ2) is 6.66. The molecule has 0 atom stereocenters. The van der Waals surface area contributed by atoms with E-state index in [9.17, 15) is 0 Å². The van der Waals surface area contributed by atoms with Crippen molar-refractivity contribution >= 4 is 11.6 Å². The smallest absolute Gasteiger partial charge is 0.179 e. The molecule has 112 valence electrons. The molecule has 1 aromatic carbocycles. The third kappa shape index (κ3) is 3.37. The highest BCUT2D eigenvalue weighted by Gasteiger charge is 2.41. The highest BCUT2D eigenvalue weighted by molar-refractivity contribution is 6.33. The van der Waals surface area contributed by atoms with Crippen LogP contribution in [0.4, 0.5) is 0 Å². The van der Waals surface area contributed by atoms with Crippen molar-refractivity contribution in [2.75, 3.05) is 27.4 Å². The van der Waals surface area contributed by atoms with Crippen LogP contribution < -0.4 is 14.8 Å². The molecule has 4 nitrogen and oxygen atoms in total. The van der Waals surface area contributed by atoms with Crippen LogP contribution in [-0.4, -0.2) is 32.5 Å². The van der Waals surface area contributed by atoms with Gasteiger partial charge in [-0.15, -0.1) is 0 Å². The molecule has 1 fully saturated rings. The van der Waals surface area contributed by atoms with Crippen LogP contribution in [0, 0.1) is 5.41 Å². The molecule has 20 heavy (non-hydrogen) atoms. The zero-order valence-electron chi connectivity index (χ0n) is 12.0. The SMILES string of the molecule is COc1ccc(CNCC2(CCO)CC2)c(Cl)c1OC. The first-order valence-electron chi connectivity index (χ1n) is 6.87. The van der Waals surface area contributed by atoms with Crippen LogP contribution in [0.3, 0.4) is 0 Å². The van der Waals surface area contributed by atoms with Crippen molar-refractivity contribution in [1.82, 2.24) is 5.32 Å². The molecule has 2 N–H and O–H groups in total. The van der Waals surface area contributed by atoms with Gasteiger partial charge >= 0.3 is 0 Å². The Morgan fingerprint density at radius 3 is 2.60 bits per heavy atom. The molecule has 0 aliphatic heterocycles. The van der Waals surface area contributed by atoms with Gasteiger partial charge in [0.25, 0.3) is 0 Å². The minimum atomic E-state index is 0.263. The summed E-state index contributed by atoms with van der Waals surface area (Å²) < 4.78 is 10.5. The maximum atomic E-state index is 9.05. The summed E-state index contributed by atoms with van der Waals surface area (Å²) in [6.07, 6.45) is 3.26. The molecule has 0 heterocycles. The molecule has 0 saturated heterocycles. The average molecular weight is 300 g/mol. The molecule has 0 radical (unpaired) electrons. The first kappa shape index (κ1) is 15.4. The van der Waals surface area contributed by atoms with Gasteiger partial charge in [-0.2, -0.15) is 0 Å². The largest absolute Gasteiger partial charge is 0.493 e. The monoisotopic (exact) mass is 299 g/mol. The Balaban J connectivity index is 1.96. The van der Waals surface area contributed by atoms with E-state index < -0.39 is 0 Å². The molecule has 0 unspecified atom stereocenters. The Morgan fingerprint density at radius 1 is 1.30 bits per heavy atom. The molecular formula is C15H22ClNO3. The van der Waals surface area contributed by atoms with Crippen molar-refractivity contribution in [2.45, 2.75) is 25.8 Å². The van der Waals surface area contributed by atoms with E-state index in [0.717, 1.165) is 18.5 Å². The molecular weight excluding hydrogens is 278 g/mol. The van der Waals surface area contributed by atoms with Crippen molar-refractivity contribution in [3.8, 4) is 11.5 Å². The van der Waals surface area contributed by atoms with Gasteiger partial charge in [-0.05, 0) is 36.3 Å². The van der Waals surface area contributed by atoms with Crippen LogP contribution in [0.1, 0.15) is 24.8 Å². The van der Waals surface area contributed by atoms with Crippen molar-refractivity contribution in [3.05, 3.63) is 22.7 Å². The van der Waals surface area contributed by atoms with Crippen LogP contribution in [0.15, 0.2) is 12.1 Å². The molecule has 1 aliphatic rings. The zero-order chi connectivity index (χ0) is 14.6. The maximum absolute atomic E-state index is 9.05. The van der Waals surface area contributed by atoms with Crippen molar-refractivity contribution in [3.63, 3.8) is 0 Å². The Hall–Kier alpha value is -0.970. The van der Waals surface area contributed by atoms with E-state index in [4.69, 9.17) is 26.2 Å². The van der Waals surface area contributed by atoms with Crippen molar-refractivity contribution < 1.29 is 14.6 Å². The van der Waals surface area contributed by atoms with Gasteiger partial charge in [0.15, 0.2) is 11.5 Å². The van der Waals surface area contributed by atoms with E-state index in [1.165, 1.54) is 12.8 Å². The maximum Gasteiger partial charge on any atom is 0.179 e. The summed E-state index contributed by atoms with van der Waals surface area (Å²) in [4.78, 5) is 0. The van der Waals surface area contributed by atoms with Gasteiger partial charge < -0.3 is 19.9 Å². The van der Waals surface area contributed by atoms with Gasteiger partial charge in [-0.1, -0.05) is 17.7 Å². The molecule has 0 bridgehead atoms. The number of aliphatic hydroxyl groups is 1. The molecule has 1 saturated carbocycles. The first-order valence-corrected chi connectivity index (χ1v) is 7.24. The molecule has 0 spiro atoms. The second-order valence-corrected chi connectivity index (χ2v) is 5.73. The fraction of sp³-hybridized carbons (Fsp3) is 0.600. The van der Waals surface area contributed by atoms with Gasteiger partial charge in [0.1, 0.15) is 0 Å². The number of rotatable bonds is 8. The lowest BCUT2D eigenvalue weighted by atomic mass is 10.0. The lowest BCUT2D eigenvalue weighted by Crippen LogP contribution is -2.24. The summed E-state index contributed by atoms with van der Waals surface area (Å²) >= 11 is 6.33. The molecule has 2 rings (SSSR count). The average Bonchev–Trinajstić information content (AvgIpc) is 3.20. The number of ether oxygens (including phenoxy) is 2. The summed E-state index contributed by atoms with van der Waals surface area (Å²) in [5, 5.41) is 13.1. The second-order valence-electron chi connectivity index (χ2n) is 5.35. The van der Waals surface area contributed by atoms with Crippen LogP contribution in [0.25, 0.3) is 0 Å². The zero-order valence-corrected chi connectivity index (χ0v) is 12.8. The predicted molar refractivity (Wildman–Crippen MR) is 79.6 cm³/mol. The summed E-state index contributed by atoms with van der Waals surface area (Å²) in [6, 6.07) is 3.81. The van der Waals surface area contributed by atoms with E-state index in [2.05, 4.69) is 5.32 Å². The van der Waals surface area contributed by atoms with Crippen LogP contribution in [0.5, 0.6) is 11.5 Å². The predicted octanol–water partition coefficient (Wildman–Crippen LogP) is 2.61. The summed E-state index contributed by atoms with van der Waals surface area (Å²) in [7, 11) is 3.18. The van der Waals surface area contributed by atoms with Gasteiger partial charge in [0, 0.05) is 19.7 Å². The Kier molecular flexibility index (Phi) is 5.13. The van der Waals surface area contributed by atoms with E-state index in [0.29, 0.717) is 28.5 Å². The van der Waals surface area contributed by atoms with Gasteiger partial charge in [0.2, 0.25) is 0 Å². The molecule has 1 aromatic rings.